The maximum Gasteiger partial charge on any atom is 0.352 e. The average molecular weight is 394 g/mol. The second-order valence-corrected chi connectivity index (χ2v) is 6.94. The number of nitrogens with zero attached hydrogens (tertiary/aromatic N) is 3. The zero-order valence-electron chi connectivity index (χ0n) is 15.1. The molecule has 0 bridgehead atoms. The van der Waals surface area contributed by atoms with Crippen LogP contribution in [-0.4, -0.2) is 32.1 Å². The van der Waals surface area contributed by atoms with Gasteiger partial charge in [-0.2, -0.15) is 4.98 Å². The molecule has 2 N–H and O–H groups in total. The minimum absolute atomic E-state index is 0.0851. The summed E-state index contributed by atoms with van der Waals surface area (Å²) in [4.78, 5) is 15.8. The lowest BCUT2D eigenvalue weighted by Crippen LogP contribution is -2.24. The van der Waals surface area contributed by atoms with E-state index in [4.69, 9.17) is 4.74 Å². The van der Waals surface area contributed by atoms with Gasteiger partial charge in [0.05, 0.1) is 0 Å². The second-order valence-electron chi connectivity index (χ2n) is 6.17. The summed E-state index contributed by atoms with van der Waals surface area (Å²) < 4.78 is 7.52. The third-order valence-corrected chi connectivity index (χ3v) is 4.87. The number of carbonyl (C=O) groups is 1. The van der Waals surface area contributed by atoms with Crippen LogP contribution in [0.3, 0.4) is 0 Å². The minimum Gasteiger partial charge on any atom is -0.489 e. The molecule has 142 valence electrons. The fraction of sp³-hybridized carbons (Fsp3) is 0.150. The Morgan fingerprint density at radius 2 is 1.96 bits per heavy atom. The van der Waals surface area contributed by atoms with Gasteiger partial charge >= 0.3 is 5.97 Å². The van der Waals surface area contributed by atoms with E-state index in [0.29, 0.717) is 17.7 Å². The molecule has 7 nitrogen and oxygen atoms in total. The summed E-state index contributed by atoms with van der Waals surface area (Å²) in [6, 6.07) is 17.2. The van der Waals surface area contributed by atoms with Crippen LogP contribution in [0.1, 0.15) is 17.2 Å². The van der Waals surface area contributed by atoms with Gasteiger partial charge in [-0.1, -0.05) is 54.2 Å². The monoisotopic (exact) mass is 394 g/mol. The lowest BCUT2D eigenvalue weighted by molar-refractivity contribution is -0.132. The van der Waals surface area contributed by atoms with Gasteiger partial charge in [0, 0.05) is 0 Å². The van der Waals surface area contributed by atoms with Crippen molar-refractivity contribution in [1.29, 1.82) is 0 Å². The van der Waals surface area contributed by atoms with Gasteiger partial charge < -0.3 is 15.2 Å². The number of nitrogens with one attached hydrogen (secondary N) is 1. The summed E-state index contributed by atoms with van der Waals surface area (Å²) >= 11 is 1.40. The Balaban J connectivity index is 1.57. The first-order valence-corrected chi connectivity index (χ1v) is 9.86. The van der Waals surface area contributed by atoms with Crippen molar-refractivity contribution in [2.45, 2.75) is 17.8 Å². The van der Waals surface area contributed by atoms with Crippen molar-refractivity contribution < 1.29 is 14.6 Å². The maximum atomic E-state index is 11.5. The van der Waals surface area contributed by atoms with Gasteiger partial charge in [0.25, 0.3) is 0 Å². The highest BCUT2D eigenvalue weighted by Gasteiger charge is 2.27. The predicted molar refractivity (Wildman–Crippen MR) is 106 cm³/mol. The van der Waals surface area contributed by atoms with Gasteiger partial charge in [-0.25, -0.2) is 9.48 Å². The van der Waals surface area contributed by atoms with Gasteiger partial charge in [-0.15, -0.1) is 5.10 Å². The number of rotatable bonds is 6. The van der Waals surface area contributed by atoms with Crippen LogP contribution in [0, 0.1) is 0 Å². The van der Waals surface area contributed by atoms with E-state index in [0.717, 1.165) is 16.9 Å². The summed E-state index contributed by atoms with van der Waals surface area (Å²) in [7, 11) is 0. The van der Waals surface area contributed by atoms with Crippen LogP contribution < -0.4 is 10.1 Å². The zero-order valence-corrected chi connectivity index (χ0v) is 15.9. The Morgan fingerprint density at radius 1 is 1.21 bits per heavy atom. The van der Waals surface area contributed by atoms with Crippen molar-refractivity contribution >= 4 is 23.7 Å². The number of allylic oxidation sites excluding steroid dienone is 1. The smallest absolute Gasteiger partial charge is 0.352 e. The first-order valence-electron chi connectivity index (χ1n) is 8.63. The van der Waals surface area contributed by atoms with Gasteiger partial charge in [0.2, 0.25) is 11.1 Å². The zero-order chi connectivity index (χ0) is 19.5. The molecule has 4 rings (SSSR count). The largest absolute Gasteiger partial charge is 0.489 e. The number of carboxylic acids is 1. The number of carboxylic acid groups (broad SMARTS) is 1. The Hall–Kier alpha value is -3.26. The van der Waals surface area contributed by atoms with Crippen LogP contribution in [0.25, 0.3) is 0 Å². The fourth-order valence-electron chi connectivity index (χ4n) is 2.92. The number of fused-ring (bicyclic) bond motifs is 1. The van der Waals surface area contributed by atoms with Gasteiger partial charge in [0.1, 0.15) is 24.1 Å². The predicted octanol–water partition coefficient (Wildman–Crippen LogP) is 3.56. The Kier molecular flexibility index (Phi) is 5.03. The van der Waals surface area contributed by atoms with Gasteiger partial charge in [-0.05, 0) is 35.6 Å². The van der Waals surface area contributed by atoms with E-state index in [2.05, 4.69) is 15.4 Å². The first kappa shape index (κ1) is 18.1. The van der Waals surface area contributed by atoms with Crippen LogP contribution >= 0.6 is 11.8 Å². The number of hydrogen-bond donors (Lipinski definition) is 2. The molecule has 0 radical (unpaired) electrons. The molecular formula is C20H18N4O3S. The molecule has 28 heavy (non-hydrogen) atoms. The number of thioether (sulfide) groups is 1. The summed E-state index contributed by atoms with van der Waals surface area (Å²) in [6.45, 7) is 0.487. The van der Waals surface area contributed by atoms with E-state index in [1.807, 2.05) is 60.9 Å². The highest BCUT2D eigenvalue weighted by molar-refractivity contribution is 7.98. The Labute approximate surface area is 166 Å². The number of hydrogen-bond acceptors (Lipinski definition) is 6. The van der Waals surface area contributed by atoms with Gasteiger partial charge in [0.15, 0.2) is 0 Å². The van der Waals surface area contributed by atoms with E-state index in [9.17, 15) is 9.90 Å². The molecular weight excluding hydrogens is 376 g/mol. The molecule has 0 spiro atoms. The molecule has 3 aromatic rings. The van der Waals surface area contributed by atoms with Crippen LogP contribution in [0.15, 0.2) is 71.5 Å². The third-order valence-electron chi connectivity index (χ3n) is 4.33. The van der Waals surface area contributed by atoms with E-state index in [1.54, 1.807) is 10.8 Å². The van der Waals surface area contributed by atoms with E-state index < -0.39 is 5.97 Å². The lowest BCUT2D eigenvalue weighted by atomic mass is 10.0. The van der Waals surface area contributed by atoms with E-state index >= 15 is 0 Å². The molecule has 1 aliphatic rings. The first-order chi connectivity index (χ1) is 13.6. The molecule has 0 saturated heterocycles. The number of aliphatic carboxylic acids is 1. The van der Waals surface area contributed by atoms with E-state index in [1.165, 1.54) is 11.8 Å². The second kappa shape index (κ2) is 7.77. The maximum absolute atomic E-state index is 11.5. The number of benzene rings is 2. The molecule has 2 aromatic carbocycles. The molecule has 1 aliphatic heterocycles. The van der Waals surface area contributed by atoms with Gasteiger partial charge in [-0.3, -0.25) is 0 Å². The third kappa shape index (κ3) is 3.72. The number of aromatic nitrogens is 3. The SMILES string of the molecule is CSc1nc2n(n1)[C@H](c1ccc(OCc3ccccc3)cc1)C=C(C(=O)O)N2. The molecule has 0 saturated carbocycles. The number of anilines is 1. The van der Waals surface area contributed by atoms with Crippen LogP contribution in [0.4, 0.5) is 5.95 Å². The van der Waals surface area contributed by atoms with E-state index in [-0.39, 0.29) is 11.7 Å². The quantitative estimate of drug-likeness (QED) is 0.618. The molecule has 0 fully saturated rings. The molecule has 1 atom stereocenters. The molecule has 2 heterocycles. The fourth-order valence-corrected chi connectivity index (χ4v) is 3.27. The van der Waals surface area contributed by atoms with Crippen molar-refractivity contribution in [2.75, 3.05) is 11.6 Å². The van der Waals surface area contributed by atoms with Crippen molar-refractivity contribution in [3.63, 3.8) is 0 Å². The molecule has 0 unspecified atom stereocenters. The Morgan fingerprint density at radius 3 is 2.64 bits per heavy atom. The summed E-state index contributed by atoms with van der Waals surface area (Å²) in [5.74, 6) is 0.124. The molecule has 0 amide bonds. The summed E-state index contributed by atoms with van der Waals surface area (Å²) in [5.41, 5.74) is 2.07. The van der Waals surface area contributed by atoms with Crippen molar-refractivity contribution in [3.05, 3.63) is 77.5 Å². The lowest BCUT2D eigenvalue weighted by Gasteiger charge is -2.22. The van der Waals surface area contributed by atoms with Crippen molar-refractivity contribution in [1.82, 2.24) is 14.8 Å². The van der Waals surface area contributed by atoms with Crippen LogP contribution in [0.5, 0.6) is 5.75 Å². The van der Waals surface area contributed by atoms with Crippen LogP contribution in [-0.2, 0) is 11.4 Å². The average Bonchev–Trinajstić information content (AvgIpc) is 3.16. The molecule has 8 heteroatoms. The minimum atomic E-state index is -1.03. The standard InChI is InChI=1S/C20H18N4O3S/c1-28-20-22-19-21-16(18(25)26)11-17(24(19)23-20)14-7-9-15(10-8-14)27-12-13-5-3-2-4-6-13/h2-11,17H,12H2,1H3,(H,25,26)(H,21,22,23)/t17-/m0/s1. The van der Waals surface area contributed by atoms with Crippen molar-refractivity contribution in [2.24, 2.45) is 0 Å². The topological polar surface area (TPSA) is 89.3 Å². The summed E-state index contributed by atoms with van der Waals surface area (Å²) in [5, 5.41) is 17.3. The highest BCUT2D eigenvalue weighted by atomic mass is 32.2. The number of ether oxygens (including phenoxy) is 1. The van der Waals surface area contributed by atoms with Crippen molar-refractivity contribution in [3.8, 4) is 5.75 Å². The normalized spacial score (nSPS) is 15.3. The highest BCUT2D eigenvalue weighted by Crippen LogP contribution is 2.31. The molecule has 1 aromatic heterocycles. The summed E-state index contributed by atoms with van der Waals surface area (Å²) in [6.07, 6.45) is 3.51. The Bertz CT molecular complexity index is 1020. The molecule has 0 aliphatic carbocycles. The van der Waals surface area contributed by atoms with Crippen LogP contribution in [0.2, 0.25) is 0 Å².